The largest absolute Gasteiger partial charge is 0.338 e. The third kappa shape index (κ3) is 4.68. The number of nitrogens with one attached hydrogen (secondary N) is 1. The highest BCUT2D eigenvalue weighted by Gasteiger charge is 2.28. The maximum atomic E-state index is 13.2. The molecule has 148 valence electrons. The molecule has 0 spiro atoms. The number of piperidine rings is 1. The fourth-order valence-electron chi connectivity index (χ4n) is 3.74. The predicted molar refractivity (Wildman–Crippen MR) is 107 cm³/mol. The van der Waals surface area contributed by atoms with Crippen LogP contribution in [0.2, 0.25) is 0 Å². The van der Waals surface area contributed by atoms with Crippen molar-refractivity contribution in [2.24, 2.45) is 5.92 Å². The average molecular weight is 395 g/mol. The van der Waals surface area contributed by atoms with Gasteiger partial charge in [0.25, 0.3) is 5.91 Å². The number of aromatic nitrogens is 2. The molecule has 2 heterocycles. The molecule has 1 N–H and O–H groups in total. The highest BCUT2D eigenvalue weighted by atomic mass is 35.5. The fourth-order valence-corrected chi connectivity index (χ4v) is 3.74. The van der Waals surface area contributed by atoms with E-state index in [1.165, 1.54) is 12.1 Å². The Balaban J connectivity index is 0.00000261. The van der Waals surface area contributed by atoms with E-state index in [2.05, 4.69) is 10.4 Å². The average Bonchev–Trinajstić information content (AvgIpc) is 3.07. The number of hydrogen-bond acceptors (Lipinski definition) is 3. The molecule has 2 aromatic rings. The molecule has 1 atom stereocenters. The first-order chi connectivity index (χ1) is 12.5. The summed E-state index contributed by atoms with van der Waals surface area (Å²) in [5.41, 5.74) is 2.28. The third-order valence-corrected chi connectivity index (χ3v) is 4.95. The summed E-state index contributed by atoms with van der Waals surface area (Å²) in [6, 6.07) is 6.20. The first-order valence-electron chi connectivity index (χ1n) is 9.29. The lowest BCUT2D eigenvalue weighted by molar-refractivity contribution is 0.0672. The van der Waals surface area contributed by atoms with E-state index in [9.17, 15) is 9.18 Å². The molecule has 1 saturated heterocycles. The van der Waals surface area contributed by atoms with E-state index in [1.54, 1.807) is 23.0 Å². The molecule has 1 unspecified atom stereocenters. The molecule has 0 bridgehead atoms. The van der Waals surface area contributed by atoms with Crippen LogP contribution in [0.15, 0.2) is 30.5 Å². The van der Waals surface area contributed by atoms with E-state index in [1.807, 2.05) is 25.8 Å². The summed E-state index contributed by atoms with van der Waals surface area (Å²) in [6.45, 7) is 6.59. The van der Waals surface area contributed by atoms with Crippen LogP contribution < -0.4 is 5.32 Å². The van der Waals surface area contributed by atoms with Crippen LogP contribution in [0, 0.1) is 11.7 Å². The van der Waals surface area contributed by atoms with Gasteiger partial charge in [-0.2, -0.15) is 5.10 Å². The maximum Gasteiger partial charge on any atom is 0.257 e. The van der Waals surface area contributed by atoms with Crippen molar-refractivity contribution >= 4 is 18.3 Å². The molecule has 5 nitrogen and oxygen atoms in total. The monoisotopic (exact) mass is 394 g/mol. The van der Waals surface area contributed by atoms with Crippen LogP contribution in [0.25, 0.3) is 5.69 Å². The number of halogens is 2. The normalized spacial score (nSPS) is 17.1. The van der Waals surface area contributed by atoms with Gasteiger partial charge < -0.3 is 10.2 Å². The lowest BCUT2D eigenvalue weighted by Gasteiger charge is -2.33. The zero-order valence-corrected chi connectivity index (χ0v) is 16.9. The number of benzene rings is 1. The number of carbonyl (C=O) groups excluding carboxylic acids is 1. The molecule has 0 aliphatic carbocycles. The Kier molecular flexibility index (Phi) is 7.39. The third-order valence-electron chi connectivity index (χ3n) is 4.95. The molecular weight excluding hydrogens is 367 g/mol. The Morgan fingerprint density at radius 3 is 2.67 bits per heavy atom. The van der Waals surface area contributed by atoms with Gasteiger partial charge in [-0.25, -0.2) is 9.07 Å². The van der Waals surface area contributed by atoms with Crippen LogP contribution in [0.4, 0.5) is 4.39 Å². The number of likely N-dealkylation sites (tertiary alicyclic amines) is 1. The molecule has 0 radical (unpaired) electrons. The molecule has 3 rings (SSSR count). The molecule has 1 aliphatic heterocycles. The van der Waals surface area contributed by atoms with Gasteiger partial charge in [0.1, 0.15) is 5.82 Å². The van der Waals surface area contributed by atoms with E-state index < -0.39 is 0 Å². The van der Waals surface area contributed by atoms with Gasteiger partial charge in [-0.05, 0) is 62.5 Å². The van der Waals surface area contributed by atoms with Crippen LogP contribution in [0.5, 0.6) is 0 Å². The number of carbonyl (C=O) groups is 1. The summed E-state index contributed by atoms with van der Waals surface area (Å²) in [4.78, 5) is 15.1. The molecule has 1 aliphatic rings. The SMILES string of the molecule is CNCC1CCCN(C(=O)c2cnn(-c3ccc(F)cc3)c2C(C)C)C1.Cl. The van der Waals surface area contributed by atoms with Gasteiger partial charge >= 0.3 is 0 Å². The topological polar surface area (TPSA) is 50.2 Å². The first kappa shape index (κ1) is 21.4. The van der Waals surface area contributed by atoms with Gasteiger partial charge in [-0.15, -0.1) is 12.4 Å². The number of amides is 1. The number of nitrogens with zero attached hydrogens (tertiary/aromatic N) is 3. The zero-order valence-electron chi connectivity index (χ0n) is 16.1. The molecular formula is C20H28ClFN4O. The van der Waals surface area contributed by atoms with Crippen molar-refractivity contribution in [1.29, 1.82) is 0 Å². The van der Waals surface area contributed by atoms with Crippen LogP contribution in [0.3, 0.4) is 0 Å². The van der Waals surface area contributed by atoms with Crippen LogP contribution in [-0.4, -0.2) is 47.3 Å². The Bertz CT molecular complexity index is 758. The standard InChI is InChI=1S/C20H27FN4O.ClH/c1-14(2)19-18(12-23-25(19)17-8-6-16(21)7-9-17)20(26)24-10-4-5-15(13-24)11-22-3;/h6-9,12,14-15,22H,4-5,10-11,13H2,1-3H3;1H. The van der Waals surface area contributed by atoms with Crippen molar-refractivity contribution in [3.05, 3.63) is 47.5 Å². The summed E-state index contributed by atoms with van der Waals surface area (Å²) in [5, 5.41) is 7.65. The Morgan fingerprint density at radius 2 is 2.04 bits per heavy atom. The second-order valence-corrected chi connectivity index (χ2v) is 7.30. The van der Waals surface area contributed by atoms with Crippen molar-refractivity contribution in [3.63, 3.8) is 0 Å². The molecule has 1 aromatic carbocycles. The van der Waals surface area contributed by atoms with E-state index in [-0.39, 0.29) is 30.0 Å². The highest BCUT2D eigenvalue weighted by molar-refractivity contribution is 5.95. The van der Waals surface area contributed by atoms with E-state index in [4.69, 9.17) is 0 Å². The first-order valence-corrected chi connectivity index (χ1v) is 9.29. The fraction of sp³-hybridized carbons (Fsp3) is 0.500. The van der Waals surface area contributed by atoms with Crippen molar-refractivity contribution in [2.45, 2.75) is 32.6 Å². The minimum atomic E-state index is -0.285. The van der Waals surface area contributed by atoms with E-state index >= 15 is 0 Å². The smallest absolute Gasteiger partial charge is 0.257 e. The summed E-state index contributed by atoms with van der Waals surface area (Å²) in [6.07, 6.45) is 3.83. The minimum absolute atomic E-state index is 0. The van der Waals surface area contributed by atoms with Gasteiger partial charge in [-0.1, -0.05) is 13.8 Å². The van der Waals surface area contributed by atoms with Crippen LogP contribution >= 0.6 is 12.4 Å². The van der Waals surface area contributed by atoms with Crippen LogP contribution in [0.1, 0.15) is 48.7 Å². The van der Waals surface area contributed by atoms with Gasteiger partial charge in [0.2, 0.25) is 0 Å². The number of hydrogen-bond donors (Lipinski definition) is 1. The Morgan fingerprint density at radius 1 is 1.33 bits per heavy atom. The zero-order chi connectivity index (χ0) is 18.7. The predicted octanol–water partition coefficient (Wildman–Crippen LogP) is 3.63. The lowest BCUT2D eigenvalue weighted by atomic mass is 9.96. The maximum absolute atomic E-state index is 13.2. The molecule has 0 saturated carbocycles. The number of rotatable bonds is 5. The Labute approximate surface area is 166 Å². The minimum Gasteiger partial charge on any atom is -0.338 e. The van der Waals surface area contributed by atoms with Crippen LogP contribution in [-0.2, 0) is 0 Å². The lowest BCUT2D eigenvalue weighted by Crippen LogP contribution is -2.42. The second kappa shape index (κ2) is 9.33. The van der Waals surface area contributed by atoms with E-state index in [0.29, 0.717) is 11.5 Å². The van der Waals surface area contributed by atoms with Gasteiger partial charge in [0.15, 0.2) is 0 Å². The quantitative estimate of drug-likeness (QED) is 0.842. The van der Waals surface area contributed by atoms with Crippen molar-refractivity contribution in [1.82, 2.24) is 20.0 Å². The van der Waals surface area contributed by atoms with Crippen molar-refractivity contribution < 1.29 is 9.18 Å². The van der Waals surface area contributed by atoms with Crippen molar-refractivity contribution in [2.75, 3.05) is 26.7 Å². The van der Waals surface area contributed by atoms with Gasteiger partial charge in [0.05, 0.1) is 23.1 Å². The van der Waals surface area contributed by atoms with Gasteiger partial charge in [0, 0.05) is 13.1 Å². The van der Waals surface area contributed by atoms with Gasteiger partial charge in [-0.3, -0.25) is 4.79 Å². The van der Waals surface area contributed by atoms with Crippen molar-refractivity contribution in [3.8, 4) is 5.69 Å². The molecule has 1 fully saturated rings. The highest BCUT2D eigenvalue weighted by Crippen LogP contribution is 2.26. The second-order valence-electron chi connectivity index (χ2n) is 7.30. The van der Waals surface area contributed by atoms with E-state index in [0.717, 1.165) is 43.9 Å². The molecule has 7 heteroatoms. The summed E-state index contributed by atoms with van der Waals surface area (Å²) < 4.78 is 15.0. The molecule has 1 amide bonds. The Hall–Kier alpha value is -1.92. The molecule has 27 heavy (non-hydrogen) atoms. The summed E-state index contributed by atoms with van der Waals surface area (Å²) in [7, 11) is 1.95. The summed E-state index contributed by atoms with van der Waals surface area (Å²) >= 11 is 0. The molecule has 1 aromatic heterocycles. The summed E-state index contributed by atoms with van der Waals surface area (Å²) in [5.74, 6) is 0.377.